The first-order valence-corrected chi connectivity index (χ1v) is 10.3. The second-order valence-electron chi connectivity index (χ2n) is 7.46. The smallest absolute Gasteiger partial charge is 0.253 e. The van der Waals surface area contributed by atoms with Gasteiger partial charge >= 0.3 is 0 Å². The van der Waals surface area contributed by atoms with Crippen LogP contribution in [-0.4, -0.2) is 24.7 Å². The summed E-state index contributed by atoms with van der Waals surface area (Å²) in [5.74, 6) is -0.175. The van der Waals surface area contributed by atoms with Crippen molar-refractivity contribution in [3.63, 3.8) is 0 Å². The fourth-order valence-corrected chi connectivity index (χ4v) is 3.39. The zero-order chi connectivity index (χ0) is 23.1. The van der Waals surface area contributed by atoms with Gasteiger partial charge in [-0.2, -0.15) is 0 Å². The first-order chi connectivity index (χ1) is 15.4. The quantitative estimate of drug-likeness (QED) is 0.513. The number of methoxy groups -OCH3 is 1. The third-order valence-electron chi connectivity index (χ3n) is 5.13. The van der Waals surface area contributed by atoms with Gasteiger partial charge in [-0.15, -0.1) is 0 Å². The summed E-state index contributed by atoms with van der Waals surface area (Å²) in [7, 11) is 1.51. The molecule has 0 saturated carbocycles. The SMILES string of the molecule is COc1ccc(C(C)=O)cc1CC(=O)Nc1ccccc1C(=O)N[C@@H](C)c1ccccc1. The van der Waals surface area contributed by atoms with E-state index in [1.54, 1.807) is 42.5 Å². The molecule has 3 aromatic carbocycles. The van der Waals surface area contributed by atoms with Gasteiger partial charge in [0.1, 0.15) is 5.75 Å². The summed E-state index contributed by atoms with van der Waals surface area (Å²) >= 11 is 0. The topological polar surface area (TPSA) is 84.5 Å². The Balaban J connectivity index is 1.75. The van der Waals surface area contributed by atoms with Crippen LogP contribution >= 0.6 is 0 Å². The Bertz CT molecular complexity index is 1130. The van der Waals surface area contributed by atoms with E-state index in [4.69, 9.17) is 4.74 Å². The number of Topliss-reactive ketones (excluding diaryl/α,β-unsaturated/α-hetero) is 1. The standard InChI is InChI=1S/C26H26N2O4/c1-17(19-9-5-4-6-10-19)27-26(31)22-11-7-8-12-23(22)28-25(30)16-21-15-20(18(2)29)13-14-24(21)32-3/h4-15,17H,16H2,1-3H3,(H,27,31)(H,28,30)/t17-/m0/s1. The maximum atomic E-state index is 12.9. The molecule has 1 atom stereocenters. The van der Waals surface area contributed by atoms with Crippen molar-refractivity contribution < 1.29 is 19.1 Å². The highest BCUT2D eigenvalue weighted by molar-refractivity contribution is 6.04. The van der Waals surface area contributed by atoms with E-state index < -0.39 is 0 Å². The number of carbonyl (C=O) groups is 3. The third-order valence-corrected chi connectivity index (χ3v) is 5.13. The van der Waals surface area contributed by atoms with Crippen LogP contribution in [0.2, 0.25) is 0 Å². The summed E-state index contributed by atoms with van der Waals surface area (Å²) in [6.45, 7) is 3.37. The van der Waals surface area contributed by atoms with E-state index in [1.165, 1.54) is 14.0 Å². The summed E-state index contributed by atoms with van der Waals surface area (Å²) in [6, 6.07) is 21.3. The Hall–Kier alpha value is -3.93. The summed E-state index contributed by atoms with van der Waals surface area (Å²) in [6.07, 6.45) is 0.000660. The van der Waals surface area contributed by atoms with E-state index >= 15 is 0 Å². The molecule has 32 heavy (non-hydrogen) atoms. The average Bonchev–Trinajstić information content (AvgIpc) is 2.79. The van der Waals surface area contributed by atoms with Crippen molar-refractivity contribution in [1.82, 2.24) is 5.32 Å². The number of ether oxygens (including phenoxy) is 1. The van der Waals surface area contributed by atoms with Gasteiger partial charge in [0.15, 0.2) is 5.78 Å². The third kappa shape index (κ3) is 5.60. The second kappa shape index (κ2) is 10.4. The van der Waals surface area contributed by atoms with Gasteiger partial charge in [0.25, 0.3) is 5.91 Å². The lowest BCUT2D eigenvalue weighted by Crippen LogP contribution is -2.28. The number of carbonyl (C=O) groups excluding carboxylic acids is 3. The van der Waals surface area contributed by atoms with Crippen molar-refractivity contribution in [2.45, 2.75) is 26.3 Å². The monoisotopic (exact) mass is 430 g/mol. The Labute approximate surface area is 187 Å². The minimum Gasteiger partial charge on any atom is -0.496 e. The Morgan fingerprint density at radius 3 is 2.31 bits per heavy atom. The molecule has 0 unspecified atom stereocenters. The molecule has 2 N–H and O–H groups in total. The first kappa shape index (κ1) is 22.7. The molecule has 2 amide bonds. The zero-order valence-electron chi connectivity index (χ0n) is 18.3. The molecule has 0 aliphatic heterocycles. The number of rotatable bonds is 8. The summed E-state index contributed by atoms with van der Waals surface area (Å²) in [5.41, 5.74) is 2.87. The maximum Gasteiger partial charge on any atom is 0.253 e. The van der Waals surface area contributed by atoms with Crippen LogP contribution in [0.4, 0.5) is 5.69 Å². The predicted molar refractivity (Wildman–Crippen MR) is 124 cm³/mol. The van der Waals surface area contributed by atoms with Gasteiger partial charge in [-0.3, -0.25) is 14.4 Å². The molecule has 0 saturated heterocycles. The normalized spacial score (nSPS) is 11.3. The molecule has 0 fully saturated rings. The molecule has 0 aliphatic rings. The van der Waals surface area contributed by atoms with Crippen LogP contribution in [0, 0.1) is 0 Å². The summed E-state index contributed by atoms with van der Waals surface area (Å²) in [5, 5.41) is 5.78. The van der Waals surface area contributed by atoms with E-state index in [0.29, 0.717) is 28.1 Å². The van der Waals surface area contributed by atoms with Gasteiger partial charge in [-0.1, -0.05) is 42.5 Å². The molecule has 6 heteroatoms. The minimum absolute atomic E-state index is 0.000660. The molecule has 0 spiro atoms. The molecule has 0 aliphatic carbocycles. The summed E-state index contributed by atoms with van der Waals surface area (Å²) in [4.78, 5) is 37.4. The van der Waals surface area contributed by atoms with E-state index in [0.717, 1.165) is 5.56 Å². The molecule has 0 bridgehead atoms. The van der Waals surface area contributed by atoms with Crippen LogP contribution < -0.4 is 15.4 Å². The molecular formula is C26H26N2O4. The number of hydrogen-bond acceptors (Lipinski definition) is 4. The van der Waals surface area contributed by atoms with Crippen LogP contribution in [0.5, 0.6) is 5.75 Å². The first-order valence-electron chi connectivity index (χ1n) is 10.3. The van der Waals surface area contributed by atoms with Crippen molar-refractivity contribution in [2.75, 3.05) is 12.4 Å². The van der Waals surface area contributed by atoms with Gasteiger partial charge in [-0.05, 0) is 49.7 Å². The highest BCUT2D eigenvalue weighted by Crippen LogP contribution is 2.23. The lowest BCUT2D eigenvalue weighted by atomic mass is 10.0. The van der Waals surface area contributed by atoms with E-state index in [-0.39, 0.29) is 30.1 Å². The number of nitrogens with one attached hydrogen (secondary N) is 2. The largest absolute Gasteiger partial charge is 0.496 e. The highest BCUT2D eigenvalue weighted by atomic mass is 16.5. The van der Waals surface area contributed by atoms with Gasteiger partial charge in [-0.25, -0.2) is 0 Å². The molecule has 3 aromatic rings. The van der Waals surface area contributed by atoms with Crippen LogP contribution in [-0.2, 0) is 11.2 Å². The number of anilines is 1. The number of amides is 2. The minimum atomic E-state index is -0.319. The van der Waals surface area contributed by atoms with Crippen molar-refractivity contribution >= 4 is 23.3 Å². The van der Waals surface area contributed by atoms with Gasteiger partial charge in [0.05, 0.1) is 30.8 Å². The fraction of sp³-hybridized carbons (Fsp3) is 0.192. The van der Waals surface area contributed by atoms with Crippen LogP contribution in [0.25, 0.3) is 0 Å². The maximum absolute atomic E-state index is 12.9. The number of para-hydroxylation sites is 1. The molecule has 164 valence electrons. The van der Waals surface area contributed by atoms with Crippen molar-refractivity contribution in [2.24, 2.45) is 0 Å². The second-order valence-corrected chi connectivity index (χ2v) is 7.46. The van der Waals surface area contributed by atoms with Crippen molar-refractivity contribution in [1.29, 1.82) is 0 Å². The van der Waals surface area contributed by atoms with Gasteiger partial charge in [0, 0.05) is 11.1 Å². The Morgan fingerprint density at radius 2 is 1.62 bits per heavy atom. The molecule has 6 nitrogen and oxygen atoms in total. The summed E-state index contributed by atoms with van der Waals surface area (Å²) < 4.78 is 5.32. The molecule has 0 radical (unpaired) electrons. The average molecular weight is 431 g/mol. The van der Waals surface area contributed by atoms with Gasteiger partial charge in [0.2, 0.25) is 5.91 Å². The number of hydrogen-bond donors (Lipinski definition) is 2. The molecule has 3 rings (SSSR count). The van der Waals surface area contributed by atoms with E-state index in [2.05, 4.69) is 10.6 Å². The predicted octanol–water partition coefficient (Wildman–Crippen LogP) is 4.57. The van der Waals surface area contributed by atoms with Crippen molar-refractivity contribution in [3.8, 4) is 5.75 Å². The Kier molecular flexibility index (Phi) is 7.39. The van der Waals surface area contributed by atoms with E-state index in [1.807, 2.05) is 37.3 Å². The molecular weight excluding hydrogens is 404 g/mol. The van der Waals surface area contributed by atoms with Crippen LogP contribution in [0.15, 0.2) is 72.8 Å². The Morgan fingerprint density at radius 1 is 0.938 bits per heavy atom. The molecule has 0 heterocycles. The van der Waals surface area contributed by atoms with Crippen molar-refractivity contribution in [3.05, 3.63) is 95.1 Å². The highest BCUT2D eigenvalue weighted by Gasteiger charge is 2.17. The number of benzene rings is 3. The lowest BCUT2D eigenvalue weighted by Gasteiger charge is -2.16. The molecule has 0 aromatic heterocycles. The lowest BCUT2D eigenvalue weighted by molar-refractivity contribution is -0.115. The van der Waals surface area contributed by atoms with Crippen LogP contribution in [0.1, 0.15) is 51.7 Å². The zero-order valence-corrected chi connectivity index (χ0v) is 18.3. The fourth-order valence-electron chi connectivity index (χ4n) is 3.39. The van der Waals surface area contributed by atoms with Crippen LogP contribution in [0.3, 0.4) is 0 Å². The van der Waals surface area contributed by atoms with E-state index in [9.17, 15) is 14.4 Å². The number of ketones is 1. The van der Waals surface area contributed by atoms with Gasteiger partial charge < -0.3 is 15.4 Å².